The second-order valence-electron chi connectivity index (χ2n) is 12.2. The van der Waals surface area contributed by atoms with E-state index in [1.807, 2.05) is 30.3 Å². The zero-order valence-corrected chi connectivity index (χ0v) is 26.1. The first-order chi connectivity index (χ1) is 21.0. The van der Waals surface area contributed by atoms with Crippen molar-refractivity contribution in [3.63, 3.8) is 0 Å². The van der Waals surface area contributed by atoms with Gasteiger partial charge in [0.1, 0.15) is 24.1 Å². The number of nitrogens with zero attached hydrogens (tertiary/aromatic N) is 1. The average Bonchev–Trinajstić information content (AvgIpc) is 2.98. The van der Waals surface area contributed by atoms with Gasteiger partial charge in [-0.25, -0.2) is 14.0 Å². The number of methoxy groups -OCH3 is 1. The SMILES string of the molecule is COC(=O)[C@H](CO)N(CC1CCCC[C@H]1NC(=O)OCc1ccccc1)C[C@H](Cc1ccc(F)cc1)NC(=O)OC(C)(C)C. The van der Waals surface area contributed by atoms with Gasteiger partial charge in [0.15, 0.2) is 0 Å². The molecule has 0 radical (unpaired) electrons. The van der Waals surface area contributed by atoms with E-state index in [0.717, 1.165) is 36.8 Å². The molecule has 1 aliphatic carbocycles. The van der Waals surface area contributed by atoms with Gasteiger partial charge in [-0.2, -0.15) is 0 Å². The number of benzene rings is 2. The lowest BCUT2D eigenvalue weighted by Gasteiger charge is -2.39. The molecule has 4 atom stereocenters. The number of carbonyl (C=O) groups is 3. The summed E-state index contributed by atoms with van der Waals surface area (Å²) in [4.78, 5) is 40.2. The van der Waals surface area contributed by atoms with Gasteiger partial charge in [-0.3, -0.25) is 9.69 Å². The highest BCUT2D eigenvalue weighted by molar-refractivity contribution is 5.76. The van der Waals surface area contributed by atoms with Gasteiger partial charge >= 0.3 is 18.2 Å². The van der Waals surface area contributed by atoms with Crippen molar-refractivity contribution >= 4 is 18.2 Å². The molecular formula is C33H46FN3O7. The van der Waals surface area contributed by atoms with Crippen LogP contribution in [0, 0.1) is 11.7 Å². The van der Waals surface area contributed by atoms with Gasteiger partial charge in [0.05, 0.1) is 13.7 Å². The zero-order chi connectivity index (χ0) is 32.1. The summed E-state index contributed by atoms with van der Waals surface area (Å²) < 4.78 is 29.6. The molecule has 0 aliphatic heterocycles. The molecule has 0 saturated heterocycles. The number of carbonyl (C=O) groups excluding carboxylic acids is 3. The Morgan fingerprint density at radius 3 is 2.32 bits per heavy atom. The summed E-state index contributed by atoms with van der Waals surface area (Å²) in [6.07, 6.45) is 2.53. The van der Waals surface area contributed by atoms with E-state index >= 15 is 0 Å². The number of hydrogen-bond donors (Lipinski definition) is 3. The van der Waals surface area contributed by atoms with E-state index in [4.69, 9.17) is 14.2 Å². The summed E-state index contributed by atoms with van der Waals surface area (Å²) in [5.41, 5.74) is 0.909. The van der Waals surface area contributed by atoms with Gasteiger partial charge in [-0.05, 0) is 69.2 Å². The predicted molar refractivity (Wildman–Crippen MR) is 163 cm³/mol. The maximum atomic E-state index is 13.6. The van der Waals surface area contributed by atoms with E-state index in [1.165, 1.54) is 19.2 Å². The van der Waals surface area contributed by atoms with Gasteiger partial charge in [0.25, 0.3) is 0 Å². The highest BCUT2D eigenvalue weighted by Gasteiger charge is 2.35. The van der Waals surface area contributed by atoms with Gasteiger partial charge in [0, 0.05) is 25.2 Å². The Balaban J connectivity index is 1.80. The van der Waals surface area contributed by atoms with E-state index in [9.17, 15) is 23.9 Å². The molecule has 1 fully saturated rings. The minimum absolute atomic E-state index is 0.0697. The molecule has 10 nitrogen and oxygen atoms in total. The van der Waals surface area contributed by atoms with Crippen LogP contribution in [0.15, 0.2) is 54.6 Å². The first kappa shape index (κ1) is 34.8. The fourth-order valence-corrected chi connectivity index (χ4v) is 5.46. The number of nitrogens with one attached hydrogen (secondary N) is 2. The van der Waals surface area contributed by atoms with Crippen LogP contribution in [0.3, 0.4) is 0 Å². The van der Waals surface area contributed by atoms with Crippen LogP contribution < -0.4 is 10.6 Å². The van der Waals surface area contributed by atoms with Crippen molar-refractivity contribution < 1.29 is 38.1 Å². The fourth-order valence-electron chi connectivity index (χ4n) is 5.46. The summed E-state index contributed by atoms with van der Waals surface area (Å²) in [5, 5.41) is 16.2. The van der Waals surface area contributed by atoms with E-state index in [2.05, 4.69) is 10.6 Å². The zero-order valence-electron chi connectivity index (χ0n) is 26.1. The third-order valence-electron chi connectivity index (χ3n) is 7.55. The minimum Gasteiger partial charge on any atom is -0.468 e. The lowest BCUT2D eigenvalue weighted by molar-refractivity contribution is -0.149. The molecule has 242 valence electrons. The highest BCUT2D eigenvalue weighted by Crippen LogP contribution is 2.27. The Kier molecular flexibility index (Phi) is 13.4. The van der Waals surface area contributed by atoms with Crippen LogP contribution in [0.5, 0.6) is 0 Å². The first-order valence-electron chi connectivity index (χ1n) is 15.1. The molecule has 11 heteroatoms. The van der Waals surface area contributed by atoms with Crippen molar-refractivity contribution in [2.45, 2.75) is 83.2 Å². The number of esters is 1. The predicted octanol–water partition coefficient (Wildman–Crippen LogP) is 4.58. The van der Waals surface area contributed by atoms with E-state index in [1.54, 1.807) is 37.8 Å². The molecule has 1 unspecified atom stereocenters. The number of ether oxygens (including phenoxy) is 3. The third kappa shape index (κ3) is 11.8. The third-order valence-corrected chi connectivity index (χ3v) is 7.55. The molecule has 2 aromatic rings. The molecular weight excluding hydrogens is 569 g/mol. The number of halogens is 1. The molecule has 2 amide bonds. The quantitative estimate of drug-likeness (QED) is 0.221. The molecule has 0 spiro atoms. The van der Waals surface area contributed by atoms with Crippen molar-refractivity contribution in [3.8, 4) is 0 Å². The summed E-state index contributed by atoms with van der Waals surface area (Å²) in [6.45, 7) is 5.40. The Labute approximate surface area is 259 Å². The Morgan fingerprint density at radius 1 is 1.00 bits per heavy atom. The Bertz CT molecular complexity index is 1190. The Morgan fingerprint density at radius 2 is 1.68 bits per heavy atom. The van der Waals surface area contributed by atoms with Crippen LogP contribution in [0.4, 0.5) is 14.0 Å². The normalized spacial score (nSPS) is 18.2. The van der Waals surface area contributed by atoms with Crippen molar-refractivity contribution in [2.75, 3.05) is 26.8 Å². The standard InChI is InChI=1S/C33H46FN3O7/c1-33(2,3)44-32(41)35-27(18-23-14-16-26(34)17-15-23)20-37(29(21-38)30(39)42-4)19-25-12-8-9-13-28(25)36-31(40)43-22-24-10-6-5-7-11-24/h5-7,10-11,14-17,25,27-29,38H,8-9,12-13,18-22H2,1-4H3,(H,35,41)(H,36,40)/t25?,27-,28+,29-/m0/s1. The summed E-state index contributed by atoms with van der Waals surface area (Å²) in [6, 6.07) is 13.6. The van der Waals surface area contributed by atoms with Crippen LogP contribution in [0.1, 0.15) is 57.6 Å². The number of amides is 2. The topological polar surface area (TPSA) is 126 Å². The van der Waals surface area contributed by atoms with Crippen LogP contribution in [-0.2, 0) is 32.0 Å². The van der Waals surface area contributed by atoms with E-state index in [-0.39, 0.29) is 30.9 Å². The van der Waals surface area contributed by atoms with Crippen LogP contribution >= 0.6 is 0 Å². The first-order valence-corrected chi connectivity index (χ1v) is 15.1. The number of rotatable bonds is 13. The minimum atomic E-state index is -1.01. The second-order valence-corrected chi connectivity index (χ2v) is 12.2. The van der Waals surface area contributed by atoms with Gasteiger partial charge in [-0.1, -0.05) is 55.3 Å². The highest BCUT2D eigenvalue weighted by atomic mass is 19.1. The molecule has 1 saturated carbocycles. The Hall–Kier alpha value is -3.70. The number of aliphatic hydroxyl groups excluding tert-OH is 1. The monoisotopic (exact) mass is 615 g/mol. The molecule has 0 heterocycles. The largest absolute Gasteiger partial charge is 0.468 e. The molecule has 3 N–H and O–H groups in total. The smallest absolute Gasteiger partial charge is 0.407 e. The number of hydrogen-bond acceptors (Lipinski definition) is 8. The summed E-state index contributed by atoms with van der Waals surface area (Å²) in [5.74, 6) is -1.07. The van der Waals surface area contributed by atoms with Crippen LogP contribution in [-0.4, -0.2) is 78.7 Å². The number of aliphatic hydroxyl groups is 1. The molecule has 0 aromatic heterocycles. The fraction of sp³-hybridized carbons (Fsp3) is 0.545. The average molecular weight is 616 g/mol. The molecule has 0 bridgehead atoms. The van der Waals surface area contributed by atoms with E-state index in [0.29, 0.717) is 13.0 Å². The maximum Gasteiger partial charge on any atom is 0.407 e. The van der Waals surface area contributed by atoms with E-state index < -0.39 is 42.4 Å². The van der Waals surface area contributed by atoms with Crippen molar-refractivity contribution in [3.05, 3.63) is 71.5 Å². The van der Waals surface area contributed by atoms with Gasteiger partial charge in [-0.15, -0.1) is 0 Å². The molecule has 3 rings (SSSR count). The van der Waals surface area contributed by atoms with Crippen LogP contribution in [0.25, 0.3) is 0 Å². The molecule has 44 heavy (non-hydrogen) atoms. The number of alkyl carbamates (subject to hydrolysis) is 2. The summed E-state index contributed by atoms with van der Waals surface area (Å²) in [7, 11) is 1.26. The van der Waals surface area contributed by atoms with Crippen LogP contribution in [0.2, 0.25) is 0 Å². The summed E-state index contributed by atoms with van der Waals surface area (Å²) >= 11 is 0. The van der Waals surface area contributed by atoms with Gasteiger partial charge in [0.2, 0.25) is 0 Å². The van der Waals surface area contributed by atoms with Crippen molar-refractivity contribution in [2.24, 2.45) is 5.92 Å². The molecule has 2 aromatic carbocycles. The second kappa shape index (κ2) is 17.0. The lowest BCUT2D eigenvalue weighted by atomic mass is 9.83. The van der Waals surface area contributed by atoms with Crippen molar-refractivity contribution in [1.29, 1.82) is 0 Å². The maximum absolute atomic E-state index is 13.6. The lowest BCUT2D eigenvalue weighted by Crippen LogP contribution is -2.56. The molecule has 1 aliphatic rings. The van der Waals surface area contributed by atoms with Gasteiger partial charge < -0.3 is 30.0 Å². The van der Waals surface area contributed by atoms with Crippen molar-refractivity contribution in [1.82, 2.24) is 15.5 Å².